The first kappa shape index (κ1) is 25.8. The maximum Gasteiger partial charge on any atom is 0.266 e. The number of hydrogen-bond acceptors (Lipinski definition) is 4. The zero-order chi connectivity index (χ0) is 26.0. The summed E-state index contributed by atoms with van der Waals surface area (Å²) in [5.41, 5.74) is 3.18. The number of carbonyl (C=O) groups is 1. The SMILES string of the molecule is N#C/C(=C\c1ccc(OCc2ccc(Cl)c(Cl)c2)cc1)C(=O)Nc1ccc(OCc2ccccc2)cc1. The molecule has 0 aliphatic rings. The van der Waals surface area contributed by atoms with Crippen molar-refractivity contribution in [3.8, 4) is 17.6 Å². The molecule has 0 aromatic heterocycles. The largest absolute Gasteiger partial charge is 0.489 e. The van der Waals surface area contributed by atoms with Gasteiger partial charge in [0.15, 0.2) is 0 Å². The van der Waals surface area contributed by atoms with Crippen LogP contribution in [0.1, 0.15) is 16.7 Å². The number of halogens is 2. The molecular formula is C30H22Cl2N2O3. The van der Waals surface area contributed by atoms with Crippen molar-refractivity contribution in [3.63, 3.8) is 0 Å². The molecule has 184 valence electrons. The third kappa shape index (κ3) is 7.62. The van der Waals surface area contributed by atoms with Gasteiger partial charge in [0.1, 0.15) is 36.4 Å². The van der Waals surface area contributed by atoms with Gasteiger partial charge in [0.25, 0.3) is 5.91 Å². The Morgan fingerprint density at radius 2 is 1.41 bits per heavy atom. The van der Waals surface area contributed by atoms with Gasteiger partial charge in [-0.25, -0.2) is 0 Å². The monoisotopic (exact) mass is 528 g/mol. The summed E-state index contributed by atoms with van der Waals surface area (Å²) in [4.78, 5) is 12.6. The molecule has 0 aliphatic carbocycles. The van der Waals surface area contributed by atoms with Gasteiger partial charge in [-0.05, 0) is 71.3 Å². The van der Waals surface area contributed by atoms with Crippen molar-refractivity contribution in [2.24, 2.45) is 0 Å². The first-order chi connectivity index (χ1) is 18.0. The lowest BCUT2D eigenvalue weighted by Gasteiger charge is -2.09. The minimum Gasteiger partial charge on any atom is -0.489 e. The van der Waals surface area contributed by atoms with Gasteiger partial charge in [-0.2, -0.15) is 5.26 Å². The maximum absolute atomic E-state index is 12.6. The molecule has 0 spiro atoms. The van der Waals surface area contributed by atoms with Crippen molar-refractivity contribution in [2.75, 3.05) is 5.32 Å². The van der Waals surface area contributed by atoms with Gasteiger partial charge < -0.3 is 14.8 Å². The van der Waals surface area contributed by atoms with E-state index in [0.29, 0.717) is 46.0 Å². The number of ether oxygens (including phenoxy) is 2. The summed E-state index contributed by atoms with van der Waals surface area (Å²) in [7, 11) is 0. The van der Waals surface area contributed by atoms with Crippen LogP contribution in [0.2, 0.25) is 10.0 Å². The average molecular weight is 529 g/mol. The Labute approximate surface area is 225 Å². The Morgan fingerprint density at radius 1 is 0.784 bits per heavy atom. The molecule has 0 fully saturated rings. The van der Waals surface area contributed by atoms with Crippen molar-refractivity contribution < 1.29 is 14.3 Å². The van der Waals surface area contributed by atoms with E-state index in [4.69, 9.17) is 32.7 Å². The van der Waals surface area contributed by atoms with Crippen molar-refractivity contribution in [1.82, 2.24) is 0 Å². The van der Waals surface area contributed by atoms with Crippen molar-refractivity contribution in [3.05, 3.63) is 129 Å². The summed E-state index contributed by atoms with van der Waals surface area (Å²) in [5, 5.41) is 13.2. The molecule has 37 heavy (non-hydrogen) atoms. The number of hydrogen-bond donors (Lipinski definition) is 1. The van der Waals surface area contributed by atoms with Crippen LogP contribution >= 0.6 is 23.2 Å². The van der Waals surface area contributed by atoms with Crippen molar-refractivity contribution in [1.29, 1.82) is 5.26 Å². The van der Waals surface area contributed by atoms with Crippen LogP contribution in [0.4, 0.5) is 5.69 Å². The summed E-state index contributed by atoms with van der Waals surface area (Å²) in [6.07, 6.45) is 1.52. The Hall–Kier alpha value is -4.24. The van der Waals surface area contributed by atoms with E-state index >= 15 is 0 Å². The summed E-state index contributed by atoms with van der Waals surface area (Å²) in [5.74, 6) is 0.820. The molecule has 0 heterocycles. The smallest absolute Gasteiger partial charge is 0.266 e. The van der Waals surface area contributed by atoms with Crippen molar-refractivity contribution >= 4 is 40.9 Å². The highest BCUT2D eigenvalue weighted by atomic mass is 35.5. The predicted octanol–water partition coefficient (Wildman–Crippen LogP) is 7.70. The predicted molar refractivity (Wildman–Crippen MR) is 147 cm³/mol. The van der Waals surface area contributed by atoms with Crippen LogP contribution in [0.3, 0.4) is 0 Å². The lowest BCUT2D eigenvalue weighted by atomic mass is 10.1. The summed E-state index contributed by atoms with van der Waals surface area (Å²) >= 11 is 12.0. The van der Waals surface area contributed by atoms with Crippen LogP contribution < -0.4 is 14.8 Å². The van der Waals surface area contributed by atoms with E-state index in [1.54, 1.807) is 60.7 Å². The molecule has 1 amide bonds. The fourth-order valence-electron chi connectivity index (χ4n) is 3.35. The fourth-order valence-corrected chi connectivity index (χ4v) is 3.67. The second-order valence-corrected chi connectivity index (χ2v) is 8.84. The maximum atomic E-state index is 12.6. The molecule has 1 N–H and O–H groups in total. The van der Waals surface area contributed by atoms with Crippen LogP contribution in [0, 0.1) is 11.3 Å². The average Bonchev–Trinajstić information content (AvgIpc) is 2.93. The number of nitriles is 1. The molecule has 7 heteroatoms. The van der Waals surface area contributed by atoms with Gasteiger partial charge in [-0.15, -0.1) is 0 Å². The van der Waals surface area contributed by atoms with E-state index in [0.717, 1.165) is 11.1 Å². The third-order valence-corrected chi connectivity index (χ3v) is 6.05. The van der Waals surface area contributed by atoms with Crippen LogP contribution in [0.5, 0.6) is 11.5 Å². The van der Waals surface area contributed by atoms with Crippen LogP contribution in [0.25, 0.3) is 6.08 Å². The van der Waals surface area contributed by atoms with E-state index in [-0.39, 0.29) is 5.57 Å². The van der Waals surface area contributed by atoms with E-state index in [2.05, 4.69) is 5.32 Å². The molecule has 0 atom stereocenters. The molecule has 0 unspecified atom stereocenters. The van der Waals surface area contributed by atoms with Gasteiger partial charge in [-0.1, -0.05) is 71.7 Å². The second kappa shape index (κ2) is 12.6. The highest BCUT2D eigenvalue weighted by Crippen LogP contribution is 2.24. The number of benzene rings is 4. The molecule has 0 aliphatic heterocycles. The highest BCUT2D eigenvalue weighted by Gasteiger charge is 2.10. The Kier molecular flexibility index (Phi) is 8.83. The molecule has 0 radical (unpaired) electrons. The van der Waals surface area contributed by atoms with Gasteiger partial charge in [0.2, 0.25) is 0 Å². The molecule has 0 bridgehead atoms. The van der Waals surface area contributed by atoms with Crippen molar-refractivity contribution in [2.45, 2.75) is 13.2 Å². The number of amides is 1. The summed E-state index contributed by atoms with van der Waals surface area (Å²) in [6.45, 7) is 0.779. The number of carbonyl (C=O) groups excluding carboxylic acids is 1. The number of nitrogens with zero attached hydrogens (tertiary/aromatic N) is 1. The minimum absolute atomic E-state index is 0.0196. The van der Waals surface area contributed by atoms with E-state index in [1.807, 2.05) is 42.5 Å². The molecule has 0 saturated carbocycles. The van der Waals surface area contributed by atoms with E-state index in [9.17, 15) is 10.1 Å². The summed E-state index contributed by atoms with van der Waals surface area (Å²) < 4.78 is 11.5. The summed E-state index contributed by atoms with van der Waals surface area (Å²) in [6, 6.07) is 31.2. The van der Waals surface area contributed by atoms with E-state index in [1.165, 1.54) is 6.08 Å². The Bertz CT molecular complexity index is 1430. The number of nitrogens with one attached hydrogen (secondary N) is 1. The third-order valence-electron chi connectivity index (χ3n) is 5.31. The molecular weight excluding hydrogens is 507 g/mol. The fraction of sp³-hybridized carbons (Fsp3) is 0.0667. The first-order valence-corrected chi connectivity index (χ1v) is 12.1. The second-order valence-electron chi connectivity index (χ2n) is 8.03. The first-order valence-electron chi connectivity index (χ1n) is 11.4. The zero-order valence-corrected chi connectivity index (χ0v) is 21.2. The normalized spacial score (nSPS) is 10.9. The zero-order valence-electron chi connectivity index (χ0n) is 19.7. The number of rotatable bonds is 9. The Morgan fingerprint density at radius 3 is 2.03 bits per heavy atom. The quantitative estimate of drug-likeness (QED) is 0.178. The molecule has 4 rings (SSSR count). The molecule has 5 nitrogen and oxygen atoms in total. The topological polar surface area (TPSA) is 71.3 Å². The van der Waals surface area contributed by atoms with Gasteiger partial charge in [-0.3, -0.25) is 4.79 Å². The molecule has 4 aromatic carbocycles. The van der Waals surface area contributed by atoms with Gasteiger partial charge >= 0.3 is 0 Å². The van der Waals surface area contributed by atoms with Crippen LogP contribution in [-0.4, -0.2) is 5.91 Å². The van der Waals surface area contributed by atoms with Crippen LogP contribution in [-0.2, 0) is 18.0 Å². The van der Waals surface area contributed by atoms with E-state index < -0.39 is 5.91 Å². The lowest BCUT2D eigenvalue weighted by molar-refractivity contribution is -0.112. The van der Waals surface area contributed by atoms with Gasteiger partial charge in [0.05, 0.1) is 10.0 Å². The number of anilines is 1. The highest BCUT2D eigenvalue weighted by molar-refractivity contribution is 6.42. The standard InChI is InChI=1S/C30H22Cl2N2O3/c31-28-15-8-23(17-29(28)32)20-37-26-11-6-21(7-12-26)16-24(18-33)30(35)34-25-9-13-27(14-10-25)36-19-22-4-2-1-3-5-22/h1-17H,19-20H2,(H,34,35)/b24-16+. The van der Waals surface area contributed by atoms with Gasteiger partial charge in [0, 0.05) is 5.69 Å². The minimum atomic E-state index is -0.500. The lowest BCUT2D eigenvalue weighted by Crippen LogP contribution is -2.13. The molecule has 0 saturated heterocycles. The Balaban J connectivity index is 1.32. The molecule has 4 aromatic rings. The van der Waals surface area contributed by atoms with Crippen LogP contribution in [0.15, 0.2) is 103 Å².